The third kappa shape index (κ3) is 1.69. The van der Waals surface area contributed by atoms with Crippen LogP contribution in [0.3, 0.4) is 0 Å². The number of piperidine rings is 1. The zero-order chi connectivity index (χ0) is 13.8. The molecule has 1 aliphatic heterocycles. The van der Waals surface area contributed by atoms with Crippen molar-refractivity contribution >= 4 is 11.6 Å². The first kappa shape index (κ1) is 13.2. The lowest BCUT2D eigenvalue weighted by Crippen LogP contribution is -2.71. The summed E-state index contributed by atoms with van der Waals surface area (Å²) in [4.78, 5) is 21.9. The number of likely N-dealkylation sites (tertiary alicyclic amines) is 1. The molecule has 0 spiro atoms. The Kier molecular flexibility index (Phi) is 2.68. The minimum atomic E-state index is -1.51. The molecule has 2 aliphatic rings. The van der Waals surface area contributed by atoms with Gasteiger partial charge in [-0.05, 0) is 0 Å². The zero-order valence-electron chi connectivity index (χ0n) is 10.3. The van der Waals surface area contributed by atoms with Crippen LogP contribution in [0.5, 0.6) is 0 Å². The summed E-state index contributed by atoms with van der Waals surface area (Å²) in [6.07, 6.45) is 1.50. The average molecular weight is 277 g/mol. The fourth-order valence-corrected chi connectivity index (χ4v) is 3.66. The molecule has 0 radical (unpaired) electrons. The second-order valence-corrected chi connectivity index (χ2v) is 6.36. The van der Waals surface area contributed by atoms with E-state index in [4.69, 9.17) is 11.6 Å². The quantitative estimate of drug-likeness (QED) is 0.428. The van der Waals surface area contributed by atoms with Gasteiger partial charge >= 0.3 is 5.54 Å². The van der Waals surface area contributed by atoms with Crippen molar-refractivity contribution in [3.05, 3.63) is 31.3 Å². The Morgan fingerprint density at radius 2 is 1.89 bits per heavy atom. The smallest absolute Gasteiger partial charge is 0.311 e. The van der Waals surface area contributed by atoms with Gasteiger partial charge in [-0.1, -0.05) is 17.7 Å². The number of quaternary nitrogens is 1. The van der Waals surface area contributed by atoms with E-state index in [2.05, 4.69) is 0 Å². The van der Waals surface area contributed by atoms with E-state index < -0.39 is 16.0 Å². The second-order valence-electron chi connectivity index (χ2n) is 5.96. The molecule has 1 fully saturated rings. The van der Waals surface area contributed by atoms with Crippen LogP contribution in [0.4, 0.5) is 0 Å². The number of nitrogens with zero attached hydrogens (tertiary/aromatic N) is 3. The predicted octanol–water partition coefficient (Wildman–Crippen LogP) is 1.02. The summed E-state index contributed by atoms with van der Waals surface area (Å²) in [7, 11) is 3.54. The van der Waals surface area contributed by atoms with Crippen LogP contribution in [-0.2, 0) is 0 Å². The molecule has 1 heterocycles. The molecule has 0 aromatic heterocycles. The summed E-state index contributed by atoms with van der Waals surface area (Å²) >= 11 is 6.01. The van der Waals surface area contributed by atoms with Crippen LogP contribution in [0.25, 0.3) is 0 Å². The Morgan fingerprint density at radius 1 is 1.28 bits per heavy atom. The Balaban J connectivity index is 2.59. The van der Waals surface area contributed by atoms with E-state index in [1.807, 2.05) is 0 Å². The molecule has 8 heteroatoms. The minimum Gasteiger partial charge on any atom is -0.316 e. The topological polar surface area (TPSA) is 86.3 Å². The van der Waals surface area contributed by atoms with Crippen LogP contribution in [0, 0.1) is 20.2 Å². The Bertz CT molecular complexity index is 464. The van der Waals surface area contributed by atoms with Crippen LogP contribution >= 0.6 is 11.6 Å². The van der Waals surface area contributed by atoms with Crippen molar-refractivity contribution in [2.45, 2.75) is 23.9 Å². The van der Waals surface area contributed by atoms with Crippen LogP contribution in [0.2, 0.25) is 0 Å². The van der Waals surface area contributed by atoms with Crippen LogP contribution < -0.4 is 0 Å². The molecular formula is C10H15ClN3O4+. The van der Waals surface area contributed by atoms with Crippen LogP contribution in [0.1, 0.15) is 12.8 Å². The van der Waals surface area contributed by atoms with Gasteiger partial charge < -0.3 is 4.48 Å². The lowest BCUT2D eigenvalue weighted by molar-refractivity contribution is -0.933. The molecule has 0 N–H and O–H groups in total. The molecule has 100 valence electrons. The summed E-state index contributed by atoms with van der Waals surface area (Å²) in [6, 6.07) is 0. The van der Waals surface area contributed by atoms with Crippen molar-refractivity contribution in [1.29, 1.82) is 0 Å². The van der Waals surface area contributed by atoms with E-state index >= 15 is 0 Å². The summed E-state index contributed by atoms with van der Waals surface area (Å²) in [6.45, 7) is 0.473. The van der Waals surface area contributed by atoms with Crippen molar-refractivity contribution in [1.82, 2.24) is 0 Å². The summed E-state index contributed by atoms with van der Waals surface area (Å²) in [5.74, 6) is 0. The molecule has 0 amide bonds. The molecule has 2 rings (SSSR count). The van der Waals surface area contributed by atoms with Gasteiger partial charge in [0.2, 0.25) is 0 Å². The number of fused-ring (bicyclic) bond motifs is 2. The normalized spacial score (nSPS) is 37.8. The minimum absolute atomic E-state index is 0.114. The predicted molar refractivity (Wildman–Crippen MR) is 64.5 cm³/mol. The van der Waals surface area contributed by atoms with Crippen LogP contribution in [-0.4, -0.2) is 52.6 Å². The number of rotatable bonds is 2. The highest BCUT2D eigenvalue weighted by Gasteiger charge is 2.69. The third-order valence-corrected chi connectivity index (χ3v) is 4.38. The lowest BCUT2D eigenvalue weighted by Gasteiger charge is -2.47. The lowest BCUT2D eigenvalue weighted by atomic mass is 9.71. The van der Waals surface area contributed by atoms with Crippen molar-refractivity contribution in [3.8, 4) is 0 Å². The highest BCUT2D eigenvalue weighted by Crippen LogP contribution is 2.46. The van der Waals surface area contributed by atoms with Gasteiger partial charge in [-0.15, -0.1) is 0 Å². The highest BCUT2D eigenvalue weighted by atomic mass is 35.5. The van der Waals surface area contributed by atoms with Gasteiger partial charge in [-0.2, -0.15) is 0 Å². The summed E-state index contributed by atoms with van der Waals surface area (Å²) in [5.41, 5.74) is -2.78. The number of hydrogen-bond acceptors (Lipinski definition) is 4. The van der Waals surface area contributed by atoms with E-state index in [0.29, 0.717) is 0 Å². The first-order valence-corrected chi connectivity index (χ1v) is 5.99. The fraction of sp³-hybridized carbons (Fsp3) is 0.800. The van der Waals surface area contributed by atoms with Gasteiger partial charge in [0.15, 0.2) is 13.1 Å². The van der Waals surface area contributed by atoms with E-state index in [1.165, 1.54) is 6.08 Å². The number of nitro groups is 2. The van der Waals surface area contributed by atoms with Gasteiger partial charge in [0.05, 0.1) is 19.1 Å². The zero-order valence-corrected chi connectivity index (χ0v) is 11.0. The van der Waals surface area contributed by atoms with E-state index in [1.54, 1.807) is 14.1 Å². The molecule has 1 aliphatic carbocycles. The maximum atomic E-state index is 11.4. The van der Waals surface area contributed by atoms with Crippen molar-refractivity contribution in [2.24, 2.45) is 0 Å². The van der Waals surface area contributed by atoms with Crippen molar-refractivity contribution in [3.63, 3.8) is 0 Å². The number of halogens is 1. The fourth-order valence-electron chi connectivity index (χ4n) is 3.39. The SMILES string of the molecule is C[N+]1(C)CC2([N+](=O)[O-])CC=C(Cl)C([N+](=O)[O-])(C2)C1. The van der Waals surface area contributed by atoms with Crippen molar-refractivity contribution < 1.29 is 14.3 Å². The van der Waals surface area contributed by atoms with Gasteiger partial charge in [0.25, 0.3) is 5.54 Å². The Labute approximate surface area is 109 Å². The molecule has 1 saturated heterocycles. The number of likely N-dealkylation sites (N-methyl/N-ethyl adjacent to an activating group) is 1. The van der Waals surface area contributed by atoms with E-state index in [0.717, 1.165) is 0 Å². The molecule has 0 aromatic rings. The molecule has 2 atom stereocenters. The molecule has 2 bridgehead atoms. The molecule has 18 heavy (non-hydrogen) atoms. The van der Waals surface area contributed by atoms with Gasteiger partial charge in [-0.3, -0.25) is 20.2 Å². The third-order valence-electron chi connectivity index (χ3n) is 3.88. The monoisotopic (exact) mass is 276 g/mol. The maximum Gasteiger partial charge on any atom is 0.311 e. The largest absolute Gasteiger partial charge is 0.316 e. The molecule has 7 nitrogen and oxygen atoms in total. The van der Waals surface area contributed by atoms with Crippen molar-refractivity contribution in [2.75, 3.05) is 27.2 Å². The maximum absolute atomic E-state index is 11.4. The standard InChI is InChI=1S/C10H15ClN3O4/c1-14(2)6-9(12(15)16)4-3-8(11)10(5-9,7-14)13(17)18/h3H,4-7H2,1-2H3/q+1. The van der Waals surface area contributed by atoms with Gasteiger partial charge in [-0.25, -0.2) is 0 Å². The summed E-state index contributed by atoms with van der Waals surface area (Å²) < 4.78 is 0.228. The number of hydrogen-bond donors (Lipinski definition) is 0. The Hall–Kier alpha value is -1.21. The molecular weight excluding hydrogens is 262 g/mol. The Morgan fingerprint density at radius 3 is 2.39 bits per heavy atom. The first-order valence-electron chi connectivity index (χ1n) is 5.61. The second kappa shape index (κ2) is 3.64. The van der Waals surface area contributed by atoms with Gasteiger partial charge in [0, 0.05) is 16.3 Å². The highest BCUT2D eigenvalue weighted by molar-refractivity contribution is 6.30. The van der Waals surface area contributed by atoms with Crippen LogP contribution in [0.15, 0.2) is 11.1 Å². The molecule has 2 unspecified atom stereocenters. The van der Waals surface area contributed by atoms with Gasteiger partial charge in [0.1, 0.15) is 6.42 Å². The van der Waals surface area contributed by atoms with E-state index in [-0.39, 0.29) is 40.4 Å². The van der Waals surface area contributed by atoms with E-state index in [9.17, 15) is 20.2 Å². The molecule has 0 aromatic carbocycles. The average Bonchev–Trinajstić information content (AvgIpc) is 2.21. The first-order chi connectivity index (χ1) is 8.14. The summed E-state index contributed by atoms with van der Waals surface area (Å²) in [5, 5.41) is 22.9. The molecule has 0 saturated carbocycles.